The molecule has 0 fully saturated rings. The summed E-state index contributed by atoms with van der Waals surface area (Å²) in [6, 6.07) is 5.82. The Morgan fingerprint density at radius 1 is 1.33 bits per heavy atom. The molecule has 4 heteroatoms. The van der Waals surface area contributed by atoms with Gasteiger partial charge in [0.05, 0.1) is 0 Å². The zero-order valence-corrected chi connectivity index (χ0v) is 14.2. The van der Waals surface area contributed by atoms with Crippen molar-refractivity contribution < 1.29 is 4.79 Å². The molecule has 1 atom stereocenters. The average molecular weight is 291 g/mol. The normalized spacial score (nSPS) is 12.9. The van der Waals surface area contributed by atoms with E-state index >= 15 is 0 Å². The lowest BCUT2D eigenvalue weighted by Crippen LogP contribution is -2.31. The summed E-state index contributed by atoms with van der Waals surface area (Å²) in [5.74, 6) is -0.0275. The van der Waals surface area contributed by atoms with Crippen LogP contribution in [0.15, 0.2) is 18.2 Å². The number of anilines is 2. The van der Waals surface area contributed by atoms with Crippen LogP contribution in [0.3, 0.4) is 0 Å². The lowest BCUT2D eigenvalue weighted by Gasteiger charge is -2.23. The molecule has 0 aliphatic heterocycles. The van der Waals surface area contributed by atoms with Gasteiger partial charge in [-0.05, 0) is 36.5 Å². The highest BCUT2D eigenvalue weighted by atomic mass is 16.1. The Hall–Kier alpha value is -1.55. The molecular weight excluding hydrogens is 262 g/mol. The van der Waals surface area contributed by atoms with Crippen molar-refractivity contribution in [3.05, 3.63) is 23.8 Å². The van der Waals surface area contributed by atoms with Gasteiger partial charge in [-0.25, -0.2) is 0 Å². The molecule has 3 N–H and O–H groups in total. The SMILES string of the molecule is Cc1ccc(NC(=O)CC(N)CC(C)(C)C)cc1N(C)C. The Bertz CT molecular complexity index is 489. The second-order valence-corrected chi connectivity index (χ2v) is 7.17. The number of aryl methyl sites for hydroxylation is 1. The molecule has 118 valence electrons. The molecule has 0 aliphatic carbocycles. The lowest BCUT2D eigenvalue weighted by atomic mass is 9.87. The topological polar surface area (TPSA) is 58.4 Å². The number of hydrogen-bond donors (Lipinski definition) is 2. The molecule has 1 amide bonds. The largest absolute Gasteiger partial charge is 0.377 e. The first-order valence-electron chi connectivity index (χ1n) is 7.42. The standard InChI is InChI=1S/C17H29N3O/c1-12-7-8-14(10-15(12)20(5)6)19-16(21)9-13(18)11-17(2,3)4/h7-8,10,13H,9,11,18H2,1-6H3,(H,19,21). The van der Waals surface area contributed by atoms with E-state index in [1.54, 1.807) is 0 Å². The van der Waals surface area contributed by atoms with Crippen LogP contribution in [0.1, 0.15) is 39.2 Å². The maximum atomic E-state index is 12.1. The minimum absolute atomic E-state index is 0.0275. The van der Waals surface area contributed by atoms with E-state index < -0.39 is 0 Å². The molecule has 0 aromatic heterocycles. The van der Waals surface area contributed by atoms with E-state index in [2.05, 4.69) is 33.0 Å². The summed E-state index contributed by atoms with van der Waals surface area (Å²) in [4.78, 5) is 14.1. The van der Waals surface area contributed by atoms with Gasteiger partial charge in [-0.1, -0.05) is 26.8 Å². The number of nitrogens with one attached hydrogen (secondary N) is 1. The van der Waals surface area contributed by atoms with Gasteiger partial charge < -0.3 is 16.0 Å². The highest BCUT2D eigenvalue weighted by molar-refractivity contribution is 5.91. The van der Waals surface area contributed by atoms with Crippen molar-refractivity contribution in [1.82, 2.24) is 0 Å². The molecule has 0 saturated carbocycles. The summed E-state index contributed by atoms with van der Waals surface area (Å²) >= 11 is 0. The molecule has 0 saturated heterocycles. The molecule has 0 spiro atoms. The van der Waals surface area contributed by atoms with Gasteiger partial charge in [0, 0.05) is 37.9 Å². The molecule has 1 unspecified atom stereocenters. The second-order valence-electron chi connectivity index (χ2n) is 7.17. The minimum Gasteiger partial charge on any atom is -0.377 e. The van der Waals surface area contributed by atoms with Gasteiger partial charge in [0.2, 0.25) is 5.91 Å². The van der Waals surface area contributed by atoms with Crippen LogP contribution in [-0.2, 0) is 4.79 Å². The van der Waals surface area contributed by atoms with Crippen molar-refractivity contribution in [3.8, 4) is 0 Å². The van der Waals surface area contributed by atoms with Gasteiger partial charge in [-0.2, -0.15) is 0 Å². The Morgan fingerprint density at radius 2 is 1.95 bits per heavy atom. The fraction of sp³-hybridized carbons (Fsp3) is 0.588. The number of carbonyl (C=O) groups excluding carboxylic acids is 1. The minimum atomic E-state index is -0.108. The summed E-state index contributed by atoms with van der Waals surface area (Å²) in [5.41, 5.74) is 9.29. The average Bonchev–Trinajstić information content (AvgIpc) is 2.28. The molecule has 0 heterocycles. The predicted octanol–water partition coefficient (Wildman–Crippen LogP) is 3.15. The molecule has 0 bridgehead atoms. The van der Waals surface area contributed by atoms with Gasteiger partial charge in [-0.15, -0.1) is 0 Å². The quantitative estimate of drug-likeness (QED) is 0.876. The van der Waals surface area contributed by atoms with E-state index in [9.17, 15) is 4.79 Å². The van der Waals surface area contributed by atoms with Crippen LogP contribution < -0.4 is 16.0 Å². The fourth-order valence-corrected chi connectivity index (χ4v) is 2.48. The maximum absolute atomic E-state index is 12.1. The van der Waals surface area contributed by atoms with Crippen LogP contribution in [0.4, 0.5) is 11.4 Å². The summed E-state index contributed by atoms with van der Waals surface area (Å²) < 4.78 is 0. The van der Waals surface area contributed by atoms with Crippen LogP contribution in [0.2, 0.25) is 0 Å². The number of rotatable bonds is 5. The van der Waals surface area contributed by atoms with Crippen LogP contribution in [0, 0.1) is 12.3 Å². The second kappa shape index (κ2) is 6.94. The molecule has 1 rings (SSSR count). The van der Waals surface area contributed by atoms with Crippen LogP contribution in [0.5, 0.6) is 0 Å². The van der Waals surface area contributed by atoms with Crippen molar-refractivity contribution >= 4 is 17.3 Å². The molecule has 0 radical (unpaired) electrons. The van der Waals surface area contributed by atoms with E-state index in [1.165, 1.54) is 5.56 Å². The van der Waals surface area contributed by atoms with E-state index in [4.69, 9.17) is 5.73 Å². The number of amides is 1. The molecule has 0 aliphatic rings. The first kappa shape index (κ1) is 17.5. The van der Waals surface area contributed by atoms with Gasteiger partial charge in [0.25, 0.3) is 0 Å². The van der Waals surface area contributed by atoms with E-state index in [0.29, 0.717) is 6.42 Å². The zero-order valence-electron chi connectivity index (χ0n) is 14.2. The van der Waals surface area contributed by atoms with E-state index in [1.807, 2.05) is 37.2 Å². The summed E-state index contributed by atoms with van der Waals surface area (Å²) in [5, 5.41) is 2.94. The van der Waals surface area contributed by atoms with Gasteiger partial charge >= 0.3 is 0 Å². The highest BCUT2D eigenvalue weighted by Gasteiger charge is 2.18. The Kier molecular flexibility index (Phi) is 5.78. The molecule has 4 nitrogen and oxygen atoms in total. The van der Waals surface area contributed by atoms with Crippen molar-refractivity contribution in [3.63, 3.8) is 0 Å². The van der Waals surface area contributed by atoms with E-state index in [0.717, 1.165) is 17.8 Å². The smallest absolute Gasteiger partial charge is 0.225 e. The lowest BCUT2D eigenvalue weighted by molar-refractivity contribution is -0.116. The first-order chi connectivity index (χ1) is 9.58. The summed E-state index contributed by atoms with van der Waals surface area (Å²) in [6.45, 7) is 8.45. The fourth-order valence-electron chi connectivity index (χ4n) is 2.48. The van der Waals surface area contributed by atoms with Crippen LogP contribution >= 0.6 is 0 Å². The van der Waals surface area contributed by atoms with Crippen molar-refractivity contribution in [2.24, 2.45) is 11.1 Å². The van der Waals surface area contributed by atoms with Gasteiger partial charge in [-0.3, -0.25) is 4.79 Å². The Labute approximate surface area is 128 Å². The number of carbonyl (C=O) groups is 1. The highest BCUT2D eigenvalue weighted by Crippen LogP contribution is 2.24. The molecule has 21 heavy (non-hydrogen) atoms. The Morgan fingerprint density at radius 3 is 2.48 bits per heavy atom. The van der Waals surface area contributed by atoms with Gasteiger partial charge in [0.1, 0.15) is 0 Å². The summed E-state index contributed by atoms with van der Waals surface area (Å²) in [7, 11) is 3.99. The predicted molar refractivity (Wildman–Crippen MR) is 90.8 cm³/mol. The number of nitrogens with two attached hydrogens (primary N) is 1. The third-order valence-corrected chi connectivity index (χ3v) is 3.30. The van der Waals surface area contributed by atoms with Crippen LogP contribution in [0.25, 0.3) is 0 Å². The third kappa shape index (κ3) is 6.17. The maximum Gasteiger partial charge on any atom is 0.225 e. The Balaban J connectivity index is 2.65. The molecule has 1 aromatic carbocycles. The molecular formula is C17H29N3O. The first-order valence-corrected chi connectivity index (χ1v) is 7.42. The number of benzene rings is 1. The number of hydrogen-bond acceptors (Lipinski definition) is 3. The van der Waals surface area contributed by atoms with Crippen LogP contribution in [-0.4, -0.2) is 26.0 Å². The monoisotopic (exact) mass is 291 g/mol. The summed E-state index contributed by atoms with van der Waals surface area (Å²) in [6.07, 6.45) is 1.18. The van der Waals surface area contributed by atoms with E-state index in [-0.39, 0.29) is 17.4 Å². The van der Waals surface area contributed by atoms with Crippen molar-refractivity contribution in [1.29, 1.82) is 0 Å². The van der Waals surface area contributed by atoms with Crippen molar-refractivity contribution in [2.75, 3.05) is 24.3 Å². The molecule has 1 aromatic rings. The van der Waals surface area contributed by atoms with Gasteiger partial charge in [0.15, 0.2) is 0 Å². The zero-order chi connectivity index (χ0) is 16.2. The third-order valence-electron chi connectivity index (χ3n) is 3.30. The number of nitrogens with zero attached hydrogens (tertiary/aromatic N) is 1. The van der Waals surface area contributed by atoms with Crippen molar-refractivity contribution in [2.45, 2.75) is 46.6 Å².